The van der Waals surface area contributed by atoms with E-state index in [-0.39, 0.29) is 19.1 Å². The number of carbonyl (C=O) groups is 2. The van der Waals surface area contributed by atoms with Gasteiger partial charge in [-0.2, -0.15) is 5.10 Å². The number of hydrazone groups is 1. The standard InChI is InChI=1S/C24H21ClN2O5/c1-17-13-19(25)9-12-22(17)31-16-24(29)32-21-10-7-18(8-11-21)14-26-27-23(28)15-30-20-5-3-2-4-6-20/h2-14H,15-16H2,1H3,(H,27,28). The van der Waals surface area contributed by atoms with Crippen molar-refractivity contribution in [1.29, 1.82) is 0 Å². The lowest BCUT2D eigenvalue weighted by Crippen LogP contribution is -2.24. The Morgan fingerprint density at radius 1 is 0.938 bits per heavy atom. The molecule has 3 aromatic rings. The first-order valence-corrected chi connectivity index (χ1v) is 10.1. The van der Waals surface area contributed by atoms with Crippen molar-refractivity contribution in [3.8, 4) is 17.2 Å². The first kappa shape index (κ1) is 22.8. The number of benzene rings is 3. The molecular formula is C24H21ClN2O5. The smallest absolute Gasteiger partial charge is 0.349 e. The summed E-state index contributed by atoms with van der Waals surface area (Å²) in [7, 11) is 0. The summed E-state index contributed by atoms with van der Waals surface area (Å²) in [4.78, 5) is 23.8. The lowest BCUT2D eigenvalue weighted by Gasteiger charge is -2.09. The van der Waals surface area contributed by atoms with Gasteiger partial charge in [-0.3, -0.25) is 4.79 Å². The minimum absolute atomic E-state index is 0.145. The first-order valence-electron chi connectivity index (χ1n) is 9.69. The second-order valence-electron chi connectivity index (χ2n) is 6.64. The molecule has 0 fully saturated rings. The topological polar surface area (TPSA) is 86.2 Å². The maximum atomic E-state index is 12.0. The van der Waals surface area contributed by atoms with E-state index in [1.165, 1.54) is 6.21 Å². The summed E-state index contributed by atoms with van der Waals surface area (Å²) >= 11 is 5.90. The number of nitrogens with zero attached hydrogens (tertiary/aromatic N) is 1. The number of ether oxygens (including phenoxy) is 3. The lowest BCUT2D eigenvalue weighted by atomic mass is 10.2. The van der Waals surface area contributed by atoms with Gasteiger partial charge < -0.3 is 14.2 Å². The Morgan fingerprint density at radius 3 is 2.41 bits per heavy atom. The Hall–Kier alpha value is -3.84. The molecule has 3 rings (SSSR count). The predicted octanol–water partition coefficient (Wildman–Crippen LogP) is 4.16. The van der Waals surface area contributed by atoms with E-state index in [9.17, 15) is 9.59 Å². The molecule has 3 aromatic carbocycles. The molecule has 1 amide bonds. The molecule has 1 N–H and O–H groups in total. The lowest BCUT2D eigenvalue weighted by molar-refractivity contribution is -0.136. The van der Waals surface area contributed by atoms with Crippen molar-refractivity contribution in [2.45, 2.75) is 6.92 Å². The molecule has 0 unspecified atom stereocenters. The Bertz CT molecular complexity index is 1090. The molecule has 0 aliphatic rings. The van der Waals surface area contributed by atoms with Crippen LogP contribution < -0.4 is 19.6 Å². The van der Waals surface area contributed by atoms with Crippen LogP contribution in [0.3, 0.4) is 0 Å². The van der Waals surface area contributed by atoms with E-state index < -0.39 is 5.97 Å². The fourth-order valence-corrected chi connectivity index (χ4v) is 2.80. The third-order valence-electron chi connectivity index (χ3n) is 4.11. The summed E-state index contributed by atoms with van der Waals surface area (Å²) in [6.45, 7) is 1.46. The Labute approximate surface area is 190 Å². The SMILES string of the molecule is Cc1cc(Cl)ccc1OCC(=O)Oc1ccc(C=NNC(=O)COc2ccccc2)cc1. The predicted molar refractivity (Wildman–Crippen MR) is 121 cm³/mol. The van der Waals surface area contributed by atoms with Gasteiger partial charge in [0.1, 0.15) is 17.2 Å². The fourth-order valence-electron chi connectivity index (χ4n) is 2.57. The second kappa shape index (κ2) is 11.5. The van der Waals surface area contributed by atoms with Gasteiger partial charge in [-0.15, -0.1) is 0 Å². The van der Waals surface area contributed by atoms with E-state index in [0.29, 0.717) is 27.8 Å². The van der Waals surface area contributed by atoms with Gasteiger partial charge in [0, 0.05) is 5.02 Å². The summed E-state index contributed by atoms with van der Waals surface area (Å²) < 4.78 is 16.1. The fraction of sp³-hybridized carbons (Fsp3) is 0.125. The van der Waals surface area contributed by atoms with Crippen molar-refractivity contribution in [3.63, 3.8) is 0 Å². The highest BCUT2D eigenvalue weighted by atomic mass is 35.5. The van der Waals surface area contributed by atoms with Crippen LogP contribution in [0.25, 0.3) is 0 Å². The molecule has 0 saturated heterocycles. The Morgan fingerprint density at radius 2 is 1.69 bits per heavy atom. The molecule has 0 aliphatic heterocycles. The zero-order valence-corrected chi connectivity index (χ0v) is 18.0. The minimum Gasteiger partial charge on any atom is -0.484 e. The summed E-state index contributed by atoms with van der Waals surface area (Å²) in [5, 5.41) is 4.48. The molecule has 0 bridgehead atoms. The van der Waals surface area contributed by atoms with Gasteiger partial charge in [-0.1, -0.05) is 29.8 Å². The molecule has 164 valence electrons. The number of amides is 1. The van der Waals surface area contributed by atoms with Crippen LogP contribution in [0.4, 0.5) is 0 Å². The number of para-hydroxylation sites is 1. The number of aryl methyl sites for hydroxylation is 1. The summed E-state index contributed by atoms with van der Waals surface area (Å²) in [5.41, 5.74) is 3.92. The van der Waals surface area contributed by atoms with Crippen LogP contribution in [0.5, 0.6) is 17.2 Å². The van der Waals surface area contributed by atoms with Crippen LogP contribution in [0.1, 0.15) is 11.1 Å². The maximum Gasteiger partial charge on any atom is 0.349 e. The molecule has 0 aromatic heterocycles. The molecule has 0 spiro atoms. The number of hydrogen-bond acceptors (Lipinski definition) is 6. The number of rotatable bonds is 9. The molecule has 32 heavy (non-hydrogen) atoms. The number of hydrogen-bond donors (Lipinski definition) is 1. The number of esters is 1. The second-order valence-corrected chi connectivity index (χ2v) is 7.07. The quantitative estimate of drug-likeness (QED) is 0.228. The van der Waals surface area contributed by atoms with E-state index in [1.807, 2.05) is 25.1 Å². The van der Waals surface area contributed by atoms with Gasteiger partial charge in [-0.05, 0) is 72.6 Å². The van der Waals surface area contributed by atoms with E-state index in [0.717, 1.165) is 5.56 Å². The number of carbonyl (C=O) groups excluding carboxylic acids is 2. The van der Waals surface area contributed by atoms with E-state index in [4.69, 9.17) is 25.8 Å². The van der Waals surface area contributed by atoms with Gasteiger partial charge in [0.25, 0.3) is 5.91 Å². The minimum atomic E-state index is -0.536. The molecular weight excluding hydrogens is 432 g/mol. The van der Waals surface area contributed by atoms with Crippen molar-refractivity contribution in [2.24, 2.45) is 5.10 Å². The molecule has 0 saturated carbocycles. The highest BCUT2D eigenvalue weighted by Crippen LogP contribution is 2.22. The maximum absolute atomic E-state index is 12.0. The van der Waals surface area contributed by atoms with Crippen molar-refractivity contribution in [2.75, 3.05) is 13.2 Å². The highest BCUT2D eigenvalue weighted by Gasteiger charge is 2.08. The molecule has 0 heterocycles. The molecule has 0 radical (unpaired) electrons. The molecule has 7 nitrogen and oxygen atoms in total. The highest BCUT2D eigenvalue weighted by molar-refractivity contribution is 6.30. The van der Waals surface area contributed by atoms with Gasteiger partial charge in [0.15, 0.2) is 13.2 Å². The van der Waals surface area contributed by atoms with Crippen LogP contribution in [0, 0.1) is 6.92 Å². The molecule has 8 heteroatoms. The normalized spacial score (nSPS) is 10.6. The average Bonchev–Trinajstić information content (AvgIpc) is 2.79. The number of nitrogens with one attached hydrogen (secondary N) is 1. The molecule has 0 aliphatic carbocycles. The van der Waals surface area contributed by atoms with Crippen LogP contribution in [0.2, 0.25) is 5.02 Å². The van der Waals surface area contributed by atoms with Crippen molar-refractivity contribution in [3.05, 3.63) is 88.9 Å². The van der Waals surface area contributed by atoms with Crippen LogP contribution in [-0.2, 0) is 9.59 Å². The van der Waals surface area contributed by atoms with Crippen molar-refractivity contribution in [1.82, 2.24) is 5.43 Å². The van der Waals surface area contributed by atoms with Crippen molar-refractivity contribution >= 4 is 29.7 Å². The van der Waals surface area contributed by atoms with Gasteiger partial charge >= 0.3 is 5.97 Å². The largest absolute Gasteiger partial charge is 0.484 e. The zero-order chi connectivity index (χ0) is 22.8. The summed E-state index contributed by atoms with van der Waals surface area (Å²) in [5.74, 6) is 0.612. The van der Waals surface area contributed by atoms with Gasteiger partial charge in [-0.25, -0.2) is 10.2 Å². The first-order chi connectivity index (χ1) is 15.5. The van der Waals surface area contributed by atoms with E-state index in [2.05, 4.69) is 10.5 Å². The Balaban J connectivity index is 1.41. The Kier molecular flexibility index (Phi) is 8.22. The van der Waals surface area contributed by atoms with Gasteiger partial charge in [0.2, 0.25) is 0 Å². The molecule has 0 atom stereocenters. The van der Waals surface area contributed by atoms with E-state index in [1.54, 1.807) is 54.6 Å². The third kappa shape index (κ3) is 7.45. The summed E-state index contributed by atoms with van der Waals surface area (Å²) in [6.07, 6.45) is 1.47. The van der Waals surface area contributed by atoms with Crippen LogP contribution >= 0.6 is 11.6 Å². The van der Waals surface area contributed by atoms with Crippen LogP contribution in [0.15, 0.2) is 77.9 Å². The van der Waals surface area contributed by atoms with Gasteiger partial charge in [0.05, 0.1) is 6.21 Å². The van der Waals surface area contributed by atoms with E-state index >= 15 is 0 Å². The average molecular weight is 453 g/mol. The third-order valence-corrected chi connectivity index (χ3v) is 4.35. The monoisotopic (exact) mass is 452 g/mol. The summed E-state index contributed by atoms with van der Waals surface area (Å²) in [6, 6.07) is 20.8. The van der Waals surface area contributed by atoms with Crippen LogP contribution in [-0.4, -0.2) is 31.3 Å². The zero-order valence-electron chi connectivity index (χ0n) is 17.3. The van der Waals surface area contributed by atoms with Crippen molar-refractivity contribution < 1.29 is 23.8 Å². The number of halogens is 1.